The zero-order valence-corrected chi connectivity index (χ0v) is 14.8. The Hall–Kier alpha value is -2.22. The molecule has 0 saturated carbocycles. The number of fused-ring (bicyclic) bond motifs is 1. The minimum atomic E-state index is -0.502. The van der Waals surface area contributed by atoms with Crippen LogP contribution in [0.15, 0.2) is 9.59 Å². The fourth-order valence-corrected chi connectivity index (χ4v) is 3.04. The third-order valence-corrected chi connectivity index (χ3v) is 4.08. The van der Waals surface area contributed by atoms with E-state index in [0.29, 0.717) is 18.0 Å². The van der Waals surface area contributed by atoms with Crippen LogP contribution in [0.4, 0.5) is 0 Å². The summed E-state index contributed by atoms with van der Waals surface area (Å²) in [7, 11) is 1.57. The van der Waals surface area contributed by atoms with E-state index in [1.165, 1.54) is 16.4 Å². The van der Waals surface area contributed by atoms with E-state index >= 15 is 0 Å². The third-order valence-electron chi connectivity index (χ3n) is 4.08. The number of aromatic nitrogens is 4. The average molecular weight is 336 g/mol. The smallest absolute Gasteiger partial charge is 0.329 e. The van der Waals surface area contributed by atoms with E-state index in [-0.39, 0.29) is 17.8 Å². The Kier molecular flexibility index (Phi) is 5.71. The predicted octanol–water partition coefficient (Wildman–Crippen LogP) is -0.783. The van der Waals surface area contributed by atoms with E-state index in [2.05, 4.69) is 23.8 Å². The van der Waals surface area contributed by atoms with Crippen molar-refractivity contribution in [3.8, 4) is 0 Å². The summed E-state index contributed by atoms with van der Waals surface area (Å²) in [6.45, 7) is 8.43. The van der Waals surface area contributed by atoms with E-state index < -0.39 is 11.2 Å². The lowest BCUT2D eigenvalue weighted by Gasteiger charge is -2.18. The number of aromatic amines is 1. The van der Waals surface area contributed by atoms with E-state index in [9.17, 15) is 14.4 Å². The normalized spacial score (nSPS) is 11.5. The maximum Gasteiger partial charge on any atom is 0.329 e. The molecule has 132 valence electrons. The molecular formula is C16H26N5O3+. The van der Waals surface area contributed by atoms with Gasteiger partial charge in [-0.15, -0.1) is 0 Å². The second-order valence-electron chi connectivity index (χ2n) is 6.23. The van der Waals surface area contributed by atoms with Gasteiger partial charge in [0.1, 0.15) is 12.3 Å². The van der Waals surface area contributed by atoms with Crippen molar-refractivity contribution in [2.75, 3.05) is 13.1 Å². The topological polar surface area (TPSA) is 94.2 Å². The van der Waals surface area contributed by atoms with E-state index in [0.717, 1.165) is 25.9 Å². The molecule has 0 radical (unpaired) electrons. The molecule has 8 heteroatoms. The lowest BCUT2D eigenvalue weighted by atomic mass is 10.3. The molecule has 2 N–H and O–H groups in total. The summed E-state index contributed by atoms with van der Waals surface area (Å²) in [6, 6.07) is 0. The molecule has 0 unspecified atom stereocenters. The summed E-state index contributed by atoms with van der Waals surface area (Å²) in [5, 5.41) is 0. The molecule has 0 amide bonds. The lowest BCUT2D eigenvalue weighted by molar-refractivity contribution is -0.914. The number of ketones is 1. The number of carbonyl (C=O) groups excluding carboxylic acids is 1. The maximum atomic E-state index is 12.3. The zero-order chi connectivity index (χ0) is 17.9. The SMILES string of the molecule is CCC[NH+](CCC)Cc1nc2c(c(=O)[nH]c(=O)n2C)n1CC(C)=O. The molecule has 0 aliphatic rings. The maximum absolute atomic E-state index is 12.3. The summed E-state index contributed by atoms with van der Waals surface area (Å²) >= 11 is 0. The Bertz CT molecular complexity index is 840. The van der Waals surface area contributed by atoms with Crippen LogP contribution in [0.2, 0.25) is 0 Å². The number of nitrogens with zero attached hydrogens (tertiary/aromatic N) is 3. The van der Waals surface area contributed by atoms with Gasteiger partial charge in [-0.1, -0.05) is 13.8 Å². The van der Waals surface area contributed by atoms with Crippen LogP contribution in [0, 0.1) is 0 Å². The van der Waals surface area contributed by atoms with Gasteiger partial charge in [0.2, 0.25) is 0 Å². The quantitative estimate of drug-likeness (QED) is 0.661. The highest BCUT2D eigenvalue weighted by molar-refractivity contribution is 5.79. The molecule has 0 bridgehead atoms. The fraction of sp³-hybridized carbons (Fsp3) is 0.625. The number of Topliss-reactive ketones (excluding diaryl/α,β-unsaturated/α-hetero) is 1. The van der Waals surface area contributed by atoms with Gasteiger partial charge < -0.3 is 9.47 Å². The summed E-state index contributed by atoms with van der Waals surface area (Å²) in [5.41, 5.74) is -0.388. The van der Waals surface area contributed by atoms with Gasteiger partial charge >= 0.3 is 5.69 Å². The van der Waals surface area contributed by atoms with Crippen molar-refractivity contribution in [3.05, 3.63) is 26.7 Å². The van der Waals surface area contributed by atoms with Crippen molar-refractivity contribution in [2.45, 2.75) is 46.7 Å². The monoisotopic (exact) mass is 336 g/mol. The molecule has 24 heavy (non-hydrogen) atoms. The summed E-state index contributed by atoms with van der Waals surface area (Å²) in [4.78, 5) is 43.9. The number of nitrogens with one attached hydrogen (secondary N) is 2. The van der Waals surface area contributed by atoms with Crippen LogP contribution in [0.3, 0.4) is 0 Å². The first-order chi connectivity index (χ1) is 11.4. The Morgan fingerprint density at radius 2 is 1.83 bits per heavy atom. The number of aryl methyl sites for hydroxylation is 1. The molecule has 8 nitrogen and oxygen atoms in total. The molecule has 0 aliphatic carbocycles. The molecule has 2 rings (SSSR count). The first kappa shape index (κ1) is 18.1. The van der Waals surface area contributed by atoms with Crippen molar-refractivity contribution in [1.82, 2.24) is 19.1 Å². The van der Waals surface area contributed by atoms with Crippen LogP contribution in [0.1, 0.15) is 39.4 Å². The van der Waals surface area contributed by atoms with Crippen LogP contribution in [0.5, 0.6) is 0 Å². The van der Waals surface area contributed by atoms with Crippen molar-refractivity contribution < 1.29 is 9.69 Å². The van der Waals surface area contributed by atoms with Crippen LogP contribution in [0.25, 0.3) is 11.2 Å². The van der Waals surface area contributed by atoms with Crippen molar-refractivity contribution in [2.24, 2.45) is 7.05 Å². The first-order valence-corrected chi connectivity index (χ1v) is 8.40. The third kappa shape index (κ3) is 3.64. The van der Waals surface area contributed by atoms with Gasteiger partial charge in [-0.2, -0.15) is 0 Å². The highest BCUT2D eigenvalue weighted by Crippen LogP contribution is 2.10. The van der Waals surface area contributed by atoms with E-state index in [1.54, 1.807) is 11.6 Å². The lowest BCUT2D eigenvalue weighted by Crippen LogP contribution is -3.10. The minimum absolute atomic E-state index is 0.0589. The van der Waals surface area contributed by atoms with Crippen molar-refractivity contribution in [1.29, 1.82) is 0 Å². The second-order valence-corrected chi connectivity index (χ2v) is 6.23. The van der Waals surface area contributed by atoms with Gasteiger partial charge in [-0.25, -0.2) is 9.78 Å². The molecule has 2 aromatic rings. The first-order valence-electron chi connectivity index (χ1n) is 8.40. The van der Waals surface area contributed by atoms with Crippen LogP contribution >= 0.6 is 0 Å². The number of rotatable bonds is 8. The van der Waals surface area contributed by atoms with Crippen LogP contribution in [-0.2, 0) is 24.9 Å². The highest BCUT2D eigenvalue weighted by Gasteiger charge is 2.21. The predicted molar refractivity (Wildman–Crippen MR) is 91.3 cm³/mol. The van der Waals surface area contributed by atoms with Crippen molar-refractivity contribution >= 4 is 16.9 Å². The largest absolute Gasteiger partial charge is 0.329 e. The highest BCUT2D eigenvalue weighted by atomic mass is 16.2. The molecule has 2 aromatic heterocycles. The summed E-state index contributed by atoms with van der Waals surface area (Å²) in [6.07, 6.45) is 2.09. The second kappa shape index (κ2) is 7.57. The van der Waals surface area contributed by atoms with Gasteiger partial charge in [0, 0.05) is 7.05 Å². The molecule has 0 saturated heterocycles. The molecular weight excluding hydrogens is 310 g/mol. The Balaban J connectivity index is 2.61. The average Bonchev–Trinajstić information content (AvgIpc) is 2.84. The minimum Gasteiger partial charge on any atom is -0.329 e. The number of quaternary nitrogens is 1. The molecule has 0 atom stereocenters. The molecule has 0 aliphatic heterocycles. The standard InChI is InChI=1S/C16H25N5O3/c1-5-7-20(8-6-2)10-12-17-14-13(21(12)9-11(3)22)15(23)18-16(24)19(14)4/h5-10H2,1-4H3,(H,18,23,24)/p+1. The van der Waals surface area contributed by atoms with Gasteiger partial charge in [0.05, 0.1) is 19.6 Å². The molecule has 2 heterocycles. The van der Waals surface area contributed by atoms with Gasteiger partial charge in [0.15, 0.2) is 17.0 Å². The van der Waals surface area contributed by atoms with Gasteiger partial charge in [-0.05, 0) is 19.8 Å². The number of imidazole rings is 1. The Labute approximate surface area is 140 Å². The number of H-pyrrole nitrogens is 1. The fourth-order valence-electron chi connectivity index (χ4n) is 3.04. The van der Waals surface area contributed by atoms with Gasteiger partial charge in [0.25, 0.3) is 5.56 Å². The van der Waals surface area contributed by atoms with Gasteiger partial charge in [-0.3, -0.25) is 19.1 Å². The Morgan fingerprint density at radius 1 is 1.21 bits per heavy atom. The number of carbonyl (C=O) groups is 1. The molecule has 0 fully saturated rings. The Morgan fingerprint density at radius 3 is 2.38 bits per heavy atom. The number of hydrogen-bond donors (Lipinski definition) is 2. The summed E-state index contributed by atoms with van der Waals surface area (Å²) in [5.74, 6) is 0.611. The van der Waals surface area contributed by atoms with Crippen molar-refractivity contribution in [3.63, 3.8) is 0 Å². The van der Waals surface area contributed by atoms with Crippen LogP contribution < -0.4 is 16.1 Å². The zero-order valence-electron chi connectivity index (χ0n) is 14.8. The number of hydrogen-bond acceptors (Lipinski definition) is 4. The van der Waals surface area contributed by atoms with E-state index in [1.807, 2.05) is 0 Å². The molecule has 0 aromatic carbocycles. The van der Waals surface area contributed by atoms with Crippen LogP contribution in [-0.4, -0.2) is 38.0 Å². The summed E-state index contributed by atoms with van der Waals surface area (Å²) < 4.78 is 2.97. The molecule has 0 spiro atoms. The van der Waals surface area contributed by atoms with E-state index in [4.69, 9.17) is 0 Å².